The van der Waals surface area contributed by atoms with E-state index in [-0.39, 0.29) is 51.8 Å². The Morgan fingerprint density at radius 3 is 2.25 bits per heavy atom. The molecular weight excluding hydrogens is 598 g/mol. The van der Waals surface area contributed by atoms with E-state index in [9.17, 15) is 14.4 Å². The lowest BCUT2D eigenvalue weighted by Crippen LogP contribution is -2.66. The van der Waals surface area contributed by atoms with Crippen molar-refractivity contribution in [3.8, 4) is 0 Å². The number of hydrogen-bond donors (Lipinski definition) is 2. The molecule has 0 aromatic heterocycles. The summed E-state index contributed by atoms with van der Waals surface area (Å²) in [5.41, 5.74) is 5.21. The van der Waals surface area contributed by atoms with Crippen LogP contribution in [0.15, 0.2) is 42.5 Å². The SMILES string of the molecule is C=C(C)[C@@H]1CC[C@]2(CNC(=O)CCC(=O)O)CC[C@]3(C)[C@H](CC[C@@H]4[C@@]5(C)CC=C(c6ccc(C(=O)OC)cc6)C(C)(C)[C@@H]5CC[C@]43C)[C@@H]12. The number of carbonyl (C=O) groups excluding carboxylic acids is 2. The number of amides is 1. The molecule has 0 unspecified atom stereocenters. The molecule has 0 aliphatic heterocycles. The summed E-state index contributed by atoms with van der Waals surface area (Å²) in [4.78, 5) is 36.0. The molecule has 2 N–H and O–H groups in total. The number of aliphatic carboxylic acids is 1. The van der Waals surface area contributed by atoms with Gasteiger partial charge in [-0.3, -0.25) is 9.59 Å². The lowest BCUT2D eigenvalue weighted by molar-refractivity contribution is -0.225. The Hall–Kier alpha value is -2.89. The highest BCUT2D eigenvalue weighted by Crippen LogP contribution is 2.77. The van der Waals surface area contributed by atoms with Gasteiger partial charge in [-0.15, -0.1) is 0 Å². The minimum atomic E-state index is -0.923. The minimum Gasteiger partial charge on any atom is -0.481 e. The fourth-order valence-electron chi connectivity index (χ4n) is 13.2. The first-order valence-corrected chi connectivity index (χ1v) is 18.6. The van der Waals surface area contributed by atoms with Crippen molar-refractivity contribution in [3.63, 3.8) is 0 Å². The number of carboxylic acid groups (broad SMARTS) is 1. The molecule has 0 radical (unpaired) electrons. The van der Waals surface area contributed by atoms with Gasteiger partial charge in [0.2, 0.25) is 5.91 Å². The van der Waals surface area contributed by atoms with Crippen molar-refractivity contribution < 1.29 is 24.2 Å². The molecule has 48 heavy (non-hydrogen) atoms. The number of nitrogens with one attached hydrogen (secondary N) is 1. The lowest BCUT2D eigenvalue weighted by atomic mass is 9.32. The van der Waals surface area contributed by atoms with Crippen molar-refractivity contribution in [2.45, 2.75) is 112 Å². The molecule has 5 aliphatic carbocycles. The van der Waals surface area contributed by atoms with Gasteiger partial charge in [-0.1, -0.05) is 65.0 Å². The number of hydrogen-bond acceptors (Lipinski definition) is 4. The quantitative estimate of drug-likeness (QED) is 0.215. The first-order valence-electron chi connectivity index (χ1n) is 18.6. The molecule has 0 spiro atoms. The molecule has 1 amide bonds. The van der Waals surface area contributed by atoms with Crippen LogP contribution >= 0.6 is 0 Å². The molecule has 0 bridgehead atoms. The number of ether oxygens (including phenoxy) is 1. The maximum absolute atomic E-state index is 12.8. The fraction of sp³-hybridized carbons (Fsp3) is 0.690. The molecule has 6 nitrogen and oxygen atoms in total. The van der Waals surface area contributed by atoms with E-state index in [2.05, 4.69) is 71.6 Å². The monoisotopic (exact) mass is 657 g/mol. The highest BCUT2D eigenvalue weighted by molar-refractivity contribution is 5.90. The lowest BCUT2D eigenvalue weighted by Gasteiger charge is -2.72. The standard InChI is InChI=1S/C42H59NO5/c1-26(2)29-17-22-42(25-43-34(44)15-16-35(45)46)24-23-40(6)31(36(29)42)13-14-33-39(5)20-18-30(27-9-11-28(12-10-27)37(47)48-8)38(3,4)32(39)19-21-41(33,40)7/h9-12,18,29,31-33,36H,1,13-17,19-25H2,2-8H3,(H,43,44)(H,45,46)/t29-,31+,32-,33+,36+,39-,40+,41+,42+/m0/s1. The van der Waals surface area contributed by atoms with Gasteiger partial charge in [0.1, 0.15) is 0 Å². The highest BCUT2D eigenvalue weighted by atomic mass is 16.5. The van der Waals surface area contributed by atoms with Crippen LogP contribution in [0.4, 0.5) is 0 Å². The van der Waals surface area contributed by atoms with Crippen molar-refractivity contribution in [1.82, 2.24) is 5.32 Å². The van der Waals surface area contributed by atoms with Gasteiger partial charge in [-0.05, 0) is 145 Å². The number of carbonyl (C=O) groups is 3. The highest BCUT2D eigenvalue weighted by Gasteiger charge is 2.70. The molecule has 1 aromatic carbocycles. The van der Waals surface area contributed by atoms with E-state index in [1.807, 2.05) is 12.1 Å². The van der Waals surface area contributed by atoms with Crippen LogP contribution in [0, 0.1) is 56.7 Å². The molecule has 5 aliphatic rings. The summed E-state index contributed by atoms with van der Waals surface area (Å²) in [6.45, 7) is 20.2. The number of methoxy groups -OCH3 is 1. The van der Waals surface area contributed by atoms with E-state index in [1.54, 1.807) is 0 Å². The van der Waals surface area contributed by atoms with E-state index < -0.39 is 5.97 Å². The van der Waals surface area contributed by atoms with Gasteiger partial charge in [0, 0.05) is 13.0 Å². The molecule has 0 saturated heterocycles. The van der Waals surface area contributed by atoms with E-state index in [0.717, 1.165) is 25.7 Å². The van der Waals surface area contributed by atoms with Crippen LogP contribution in [-0.4, -0.2) is 36.6 Å². The maximum Gasteiger partial charge on any atom is 0.337 e. The second kappa shape index (κ2) is 12.2. The fourth-order valence-corrected chi connectivity index (χ4v) is 13.2. The zero-order valence-electron chi connectivity index (χ0n) is 30.5. The zero-order chi connectivity index (χ0) is 34.9. The Morgan fingerprint density at radius 2 is 1.60 bits per heavy atom. The van der Waals surface area contributed by atoms with Crippen LogP contribution in [0.3, 0.4) is 0 Å². The van der Waals surface area contributed by atoms with Crippen molar-refractivity contribution in [3.05, 3.63) is 53.6 Å². The van der Waals surface area contributed by atoms with E-state index >= 15 is 0 Å². The molecule has 9 atom stereocenters. The summed E-state index contributed by atoms with van der Waals surface area (Å²) in [5, 5.41) is 12.3. The van der Waals surface area contributed by atoms with Crippen LogP contribution in [0.1, 0.15) is 128 Å². The van der Waals surface area contributed by atoms with E-state index in [4.69, 9.17) is 9.84 Å². The van der Waals surface area contributed by atoms with Gasteiger partial charge >= 0.3 is 11.9 Å². The Balaban J connectivity index is 1.29. The number of allylic oxidation sites excluding steroid dienone is 3. The third kappa shape index (κ3) is 5.21. The third-order valence-corrected chi connectivity index (χ3v) is 15.6. The second-order valence-electron chi connectivity index (χ2n) is 17.8. The molecule has 6 heteroatoms. The summed E-state index contributed by atoms with van der Waals surface area (Å²) < 4.78 is 4.94. The average molecular weight is 658 g/mol. The van der Waals surface area contributed by atoms with E-state index in [1.165, 1.54) is 55.9 Å². The van der Waals surface area contributed by atoms with Gasteiger partial charge < -0.3 is 15.2 Å². The first kappa shape index (κ1) is 35.0. The molecular formula is C42H59NO5. The van der Waals surface area contributed by atoms with Crippen molar-refractivity contribution in [1.29, 1.82) is 0 Å². The number of benzene rings is 1. The third-order valence-electron chi connectivity index (χ3n) is 15.6. The summed E-state index contributed by atoms with van der Waals surface area (Å²) in [5.74, 6) is 1.41. The smallest absolute Gasteiger partial charge is 0.337 e. The second-order valence-corrected chi connectivity index (χ2v) is 17.8. The average Bonchev–Trinajstić information content (AvgIpc) is 3.43. The van der Waals surface area contributed by atoms with Crippen LogP contribution in [-0.2, 0) is 14.3 Å². The summed E-state index contributed by atoms with van der Waals surface area (Å²) in [7, 11) is 1.43. The maximum atomic E-state index is 12.8. The minimum absolute atomic E-state index is 0.00985. The molecule has 4 saturated carbocycles. The summed E-state index contributed by atoms with van der Waals surface area (Å²) in [6, 6.07) is 8.00. The van der Waals surface area contributed by atoms with Crippen LogP contribution < -0.4 is 5.32 Å². The number of fused-ring (bicyclic) bond motifs is 7. The predicted octanol–water partition coefficient (Wildman–Crippen LogP) is 9.11. The van der Waals surface area contributed by atoms with Gasteiger partial charge in [0.05, 0.1) is 19.1 Å². The Bertz CT molecular complexity index is 1510. The molecule has 262 valence electrons. The molecule has 0 heterocycles. The molecule has 1 aromatic rings. The van der Waals surface area contributed by atoms with Crippen molar-refractivity contribution in [2.24, 2.45) is 56.7 Å². The summed E-state index contributed by atoms with van der Waals surface area (Å²) >= 11 is 0. The Morgan fingerprint density at radius 1 is 0.896 bits per heavy atom. The summed E-state index contributed by atoms with van der Waals surface area (Å²) in [6.07, 6.45) is 13.0. The van der Waals surface area contributed by atoms with Gasteiger partial charge in [0.25, 0.3) is 0 Å². The first-order chi connectivity index (χ1) is 22.5. The molecule has 6 rings (SSSR count). The topological polar surface area (TPSA) is 92.7 Å². The number of rotatable bonds is 8. The Kier molecular flexibility index (Phi) is 8.85. The van der Waals surface area contributed by atoms with Gasteiger partial charge in [-0.2, -0.15) is 0 Å². The number of esters is 1. The normalized spacial score (nSPS) is 39.5. The van der Waals surface area contributed by atoms with Gasteiger partial charge in [-0.25, -0.2) is 4.79 Å². The predicted molar refractivity (Wildman–Crippen MR) is 190 cm³/mol. The van der Waals surface area contributed by atoms with E-state index in [0.29, 0.717) is 41.7 Å². The van der Waals surface area contributed by atoms with Crippen LogP contribution in [0.2, 0.25) is 0 Å². The van der Waals surface area contributed by atoms with Gasteiger partial charge in [0.15, 0.2) is 0 Å². The number of carboxylic acids is 1. The van der Waals surface area contributed by atoms with Crippen molar-refractivity contribution in [2.75, 3.05) is 13.7 Å². The van der Waals surface area contributed by atoms with Crippen LogP contribution in [0.25, 0.3) is 5.57 Å². The molecule has 4 fully saturated rings. The van der Waals surface area contributed by atoms with Crippen molar-refractivity contribution >= 4 is 23.4 Å². The zero-order valence-corrected chi connectivity index (χ0v) is 30.5. The van der Waals surface area contributed by atoms with Crippen LogP contribution in [0.5, 0.6) is 0 Å². The Labute approximate surface area is 288 Å². The largest absolute Gasteiger partial charge is 0.481 e.